The van der Waals surface area contributed by atoms with Gasteiger partial charge in [0.25, 0.3) is 0 Å². The lowest BCUT2D eigenvalue weighted by molar-refractivity contribution is 0.609. The van der Waals surface area contributed by atoms with Crippen LogP contribution >= 0.6 is 0 Å². The molecule has 1 saturated heterocycles. The Morgan fingerprint density at radius 1 is 0.963 bits per heavy atom. The van der Waals surface area contributed by atoms with Gasteiger partial charge in [-0.3, -0.25) is 5.10 Å². The van der Waals surface area contributed by atoms with E-state index >= 15 is 0 Å². The fraction of sp³-hybridized carbons (Fsp3) is 0.286. The van der Waals surface area contributed by atoms with E-state index in [1.54, 1.807) is 0 Å². The van der Waals surface area contributed by atoms with Crippen molar-refractivity contribution >= 4 is 10.9 Å². The lowest BCUT2D eigenvalue weighted by Gasteiger charge is -2.14. The zero-order valence-electron chi connectivity index (χ0n) is 15.1. The van der Waals surface area contributed by atoms with Gasteiger partial charge in [-0.25, -0.2) is 4.68 Å². The Hall–Kier alpha value is -2.99. The SMILES string of the molecule is c1ccc2c(-c3cn(-c4ccc(C5CCCNCC5)cc4)nn3)n[nH]c2c1. The summed E-state index contributed by atoms with van der Waals surface area (Å²) in [7, 11) is 0. The number of fused-ring (bicyclic) bond motifs is 1. The molecule has 3 heterocycles. The quantitative estimate of drug-likeness (QED) is 0.586. The van der Waals surface area contributed by atoms with E-state index in [0.717, 1.165) is 41.1 Å². The van der Waals surface area contributed by atoms with E-state index in [-0.39, 0.29) is 0 Å². The van der Waals surface area contributed by atoms with Crippen molar-refractivity contribution < 1.29 is 0 Å². The van der Waals surface area contributed by atoms with Crippen molar-refractivity contribution in [2.45, 2.75) is 25.2 Å². The Morgan fingerprint density at radius 2 is 1.85 bits per heavy atom. The standard InChI is InChI=1S/C21H22N6/c1-2-6-19-18(5-1)21(25-23-19)20-14-27(26-24-20)17-9-7-16(8-10-17)15-4-3-12-22-13-11-15/h1-2,5-10,14-15,22H,3-4,11-13H2,(H,23,25). The van der Waals surface area contributed by atoms with E-state index in [9.17, 15) is 0 Å². The molecule has 6 nitrogen and oxygen atoms in total. The minimum atomic E-state index is 0.649. The van der Waals surface area contributed by atoms with E-state index in [4.69, 9.17) is 0 Å². The van der Waals surface area contributed by atoms with Gasteiger partial charge in [-0.2, -0.15) is 5.10 Å². The summed E-state index contributed by atoms with van der Waals surface area (Å²) in [4.78, 5) is 0. The summed E-state index contributed by atoms with van der Waals surface area (Å²) in [5.74, 6) is 0.649. The first-order chi connectivity index (χ1) is 13.4. The van der Waals surface area contributed by atoms with Crippen molar-refractivity contribution in [2.24, 2.45) is 0 Å². The van der Waals surface area contributed by atoms with Crippen LogP contribution in [0.25, 0.3) is 28.0 Å². The molecule has 0 bridgehead atoms. The number of para-hydroxylation sites is 1. The highest BCUT2D eigenvalue weighted by molar-refractivity contribution is 5.91. The van der Waals surface area contributed by atoms with E-state index in [1.807, 2.05) is 35.1 Å². The second-order valence-electron chi connectivity index (χ2n) is 7.14. The minimum Gasteiger partial charge on any atom is -0.317 e. The van der Waals surface area contributed by atoms with Gasteiger partial charge >= 0.3 is 0 Å². The zero-order chi connectivity index (χ0) is 18.1. The van der Waals surface area contributed by atoms with Crippen LogP contribution in [0.5, 0.6) is 0 Å². The number of aromatic amines is 1. The molecule has 136 valence electrons. The van der Waals surface area contributed by atoms with Crippen LogP contribution in [0.15, 0.2) is 54.7 Å². The predicted molar refractivity (Wildman–Crippen MR) is 106 cm³/mol. The first kappa shape index (κ1) is 16.2. The van der Waals surface area contributed by atoms with Crippen LogP contribution in [0.4, 0.5) is 0 Å². The molecule has 6 heteroatoms. The van der Waals surface area contributed by atoms with Crippen LogP contribution in [-0.4, -0.2) is 38.3 Å². The van der Waals surface area contributed by atoms with Crippen LogP contribution in [0.1, 0.15) is 30.7 Å². The summed E-state index contributed by atoms with van der Waals surface area (Å²) < 4.78 is 1.82. The Balaban J connectivity index is 1.41. The monoisotopic (exact) mass is 358 g/mol. The number of hydrogen-bond acceptors (Lipinski definition) is 4. The highest BCUT2D eigenvalue weighted by Crippen LogP contribution is 2.28. The summed E-state index contributed by atoms with van der Waals surface area (Å²) in [6.45, 7) is 2.24. The van der Waals surface area contributed by atoms with Gasteiger partial charge in [-0.1, -0.05) is 35.5 Å². The van der Waals surface area contributed by atoms with Crippen molar-refractivity contribution in [3.8, 4) is 17.1 Å². The molecule has 0 aliphatic carbocycles. The van der Waals surface area contributed by atoms with Crippen LogP contribution in [0, 0.1) is 0 Å². The number of H-pyrrole nitrogens is 1. The molecular formula is C21H22N6. The van der Waals surface area contributed by atoms with Crippen LogP contribution in [0.3, 0.4) is 0 Å². The molecular weight excluding hydrogens is 336 g/mol. The first-order valence-corrected chi connectivity index (χ1v) is 9.55. The van der Waals surface area contributed by atoms with E-state index < -0.39 is 0 Å². The Kier molecular flexibility index (Phi) is 4.18. The predicted octanol–water partition coefficient (Wildman–Crippen LogP) is 3.67. The summed E-state index contributed by atoms with van der Waals surface area (Å²) in [5, 5.41) is 20.6. The average Bonchev–Trinajstić information content (AvgIpc) is 3.28. The van der Waals surface area contributed by atoms with Crippen molar-refractivity contribution in [1.29, 1.82) is 0 Å². The molecule has 2 aromatic carbocycles. The summed E-state index contributed by atoms with van der Waals surface area (Å²) >= 11 is 0. The fourth-order valence-corrected chi connectivity index (χ4v) is 3.91. The van der Waals surface area contributed by atoms with E-state index in [2.05, 4.69) is 50.1 Å². The Labute approximate surface area is 157 Å². The molecule has 0 saturated carbocycles. The Morgan fingerprint density at radius 3 is 2.78 bits per heavy atom. The van der Waals surface area contributed by atoms with Gasteiger partial charge in [0.2, 0.25) is 0 Å². The smallest absolute Gasteiger partial charge is 0.134 e. The third kappa shape index (κ3) is 3.13. The molecule has 27 heavy (non-hydrogen) atoms. The van der Waals surface area contributed by atoms with Gasteiger partial charge in [0.05, 0.1) is 17.4 Å². The molecule has 2 N–H and O–H groups in total. The molecule has 0 spiro atoms. The van der Waals surface area contributed by atoms with Crippen LogP contribution in [0.2, 0.25) is 0 Å². The molecule has 2 aromatic heterocycles. The number of nitrogens with zero attached hydrogens (tertiary/aromatic N) is 4. The summed E-state index contributed by atoms with van der Waals surface area (Å²) in [6, 6.07) is 16.8. The Bertz CT molecular complexity index is 1040. The topological polar surface area (TPSA) is 71.4 Å². The third-order valence-corrected chi connectivity index (χ3v) is 5.41. The first-order valence-electron chi connectivity index (χ1n) is 9.55. The molecule has 4 aromatic rings. The second-order valence-corrected chi connectivity index (χ2v) is 7.14. The van der Waals surface area contributed by atoms with Crippen LogP contribution < -0.4 is 5.32 Å². The number of rotatable bonds is 3. The molecule has 5 rings (SSSR count). The molecule has 1 unspecified atom stereocenters. The maximum Gasteiger partial charge on any atom is 0.134 e. The van der Waals surface area contributed by atoms with Crippen molar-refractivity contribution in [3.63, 3.8) is 0 Å². The summed E-state index contributed by atoms with van der Waals surface area (Å²) in [6.07, 6.45) is 5.65. The largest absolute Gasteiger partial charge is 0.317 e. The van der Waals surface area contributed by atoms with Gasteiger partial charge in [0, 0.05) is 5.39 Å². The van der Waals surface area contributed by atoms with Crippen LogP contribution in [-0.2, 0) is 0 Å². The van der Waals surface area contributed by atoms with Gasteiger partial charge < -0.3 is 5.32 Å². The maximum atomic E-state index is 4.41. The summed E-state index contributed by atoms with van der Waals surface area (Å²) in [5.41, 5.74) is 5.04. The maximum absolute atomic E-state index is 4.41. The van der Waals surface area contributed by atoms with Gasteiger partial charge in [-0.15, -0.1) is 5.10 Å². The molecule has 1 atom stereocenters. The molecule has 0 amide bonds. The molecule has 1 aliphatic rings. The zero-order valence-corrected chi connectivity index (χ0v) is 15.1. The average molecular weight is 358 g/mol. The molecule has 1 fully saturated rings. The lowest BCUT2D eigenvalue weighted by Crippen LogP contribution is -2.13. The number of benzene rings is 2. The molecule has 0 radical (unpaired) electrons. The third-order valence-electron chi connectivity index (χ3n) is 5.41. The number of aromatic nitrogens is 5. The van der Waals surface area contributed by atoms with Gasteiger partial charge in [-0.05, 0) is 62.0 Å². The second kappa shape index (κ2) is 6.96. The number of hydrogen-bond donors (Lipinski definition) is 2. The van der Waals surface area contributed by atoms with Crippen molar-refractivity contribution in [3.05, 3.63) is 60.3 Å². The highest BCUT2D eigenvalue weighted by atomic mass is 15.4. The fourth-order valence-electron chi connectivity index (χ4n) is 3.91. The van der Waals surface area contributed by atoms with Crippen molar-refractivity contribution in [1.82, 2.24) is 30.5 Å². The van der Waals surface area contributed by atoms with E-state index in [0.29, 0.717) is 5.92 Å². The van der Waals surface area contributed by atoms with Crippen molar-refractivity contribution in [2.75, 3.05) is 13.1 Å². The minimum absolute atomic E-state index is 0.649. The van der Waals surface area contributed by atoms with Gasteiger partial charge in [0.15, 0.2) is 0 Å². The normalized spacial score (nSPS) is 17.9. The molecule has 1 aliphatic heterocycles. The van der Waals surface area contributed by atoms with E-state index in [1.165, 1.54) is 24.8 Å². The highest BCUT2D eigenvalue weighted by Gasteiger charge is 2.15. The number of nitrogens with one attached hydrogen (secondary N) is 2. The lowest BCUT2D eigenvalue weighted by atomic mass is 9.92. The van der Waals surface area contributed by atoms with Gasteiger partial charge in [0.1, 0.15) is 11.4 Å².